The molecule has 90 valence electrons. The fourth-order valence-electron chi connectivity index (χ4n) is 3.12. The highest BCUT2D eigenvalue weighted by molar-refractivity contribution is 5.04. The summed E-state index contributed by atoms with van der Waals surface area (Å²) in [6.07, 6.45) is 3.19. The predicted molar refractivity (Wildman–Crippen MR) is 63.7 cm³/mol. The lowest BCUT2D eigenvalue weighted by molar-refractivity contribution is 0.235. The Morgan fingerprint density at radius 1 is 1.47 bits per heavy atom. The minimum Gasteiger partial charge on any atom is -0.396 e. The summed E-state index contributed by atoms with van der Waals surface area (Å²) in [6, 6.07) is 0. The Morgan fingerprint density at radius 3 is 2.53 bits per heavy atom. The van der Waals surface area contributed by atoms with Gasteiger partial charge in [0.2, 0.25) is 0 Å². The van der Waals surface area contributed by atoms with Crippen molar-refractivity contribution in [3.63, 3.8) is 0 Å². The Bertz CT molecular complexity index is 206. The molecule has 0 saturated heterocycles. The maximum Gasteiger partial charge on any atom is 0.0443 e. The van der Waals surface area contributed by atoms with Crippen molar-refractivity contribution in [2.45, 2.75) is 45.6 Å². The molecule has 2 unspecified atom stereocenters. The van der Waals surface area contributed by atoms with Crippen LogP contribution >= 0.6 is 0 Å². The van der Waals surface area contributed by atoms with Gasteiger partial charge in [0.1, 0.15) is 0 Å². The van der Waals surface area contributed by atoms with Gasteiger partial charge in [-0.15, -0.1) is 0 Å². The van der Waals surface area contributed by atoms with Gasteiger partial charge in [-0.2, -0.15) is 0 Å². The summed E-state index contributed by atoms with van der Waals surface area (Å²) in [6.45, 7) is 8.74. The van der Waals surface area contributed by atoms with Gasteiger partial charge in [-0.25, -0.2) is 0 Å². The lowest BCUT2D eigenvalue weighted by atomic mass is 9.86. The maximum atomic E-state index is 8.79. The second-order valence-electron chi connectivity index (χ2n) is 5.81. The highest BCUT2D eigenvalue weighted by atomic mass is 16.3. The SMILES string of the molecule is CC1CC(C)(C)CC1(CN)NCCCO. The topological polar surface area (TPSA) is 58.3 Å². The zero-order chi connectivity index (χ0) is 11.5. The van der Waals surface area contributed by atoms with Crippen molar-refractivity contribution in [2.24, 2.45) is 17.1 Å². The minimum absolute atomic E-state index is 0.0959. The van der Waals surface area contributed by atoms with E-state index in [0.29, 0.717) is 17.9 Å². The highest BCUT2D eigenvalue weighted by Gasteiger charge is 2.47. The molecule has 3 nitrogen and oxygen atoms in total. The number of nitrogens with one attached hydrogen (secondary N) is 1. The van der Waals surface area contributed by atoms with Crippen LogP contribution in [0.2, 0.25) is 0 Å². The molecule has 0 aliphatic heterocycles. The van der Waals surface area contributed by atoms with Gasteiger partial charge in [-0.3, -0.25) is 0 Å². The van der Waals surface area contributed by atoms with Gasteiger partial charge in [0, 0.05) is 18.7 Å². The molecule has 15 heavy (non-hydrogen) atoms. The van der Waals surface area contributed by atoms with E-state index in [4.69, 9.17) is 10.8 Å². The molecule has 0 aromatic heterocycles. The first-order chi connectivity index (χ1) is 6.96. The van der Waals surface area contributed by atoms with E-state index in [1.807, 2.05) is 0 Å². The van der Waals surface area contributed by atoms with Crippen molar-refractivity contribution in [3.8, 4) is 0 Å². The summed E-state index contributed by atoms with van der Waals surface area (Å²) < 4.78 is 0. The number of rotatable bonds is 5. The van der Waals surface area contributed by atoms with E-state index < -0.39 is 0 Å². The van der Waals surface area contributed by atoms with Gasteiger partial charge in [-0.1, -0.05) is 20.8 Å². The van der Waals surface area contributed by atoms with Gasteiger partial charge >= 0.3 is 0 Å². The molecule has 0 aromatic rings. The Balaban J connectivity index is 2.60. The minimum atomic E-state index is 0.0959. The van der Waals surface area contributed by atoms with Crippen LogP contribution in [0.15, 0.2) is 0 Å². The molecular weight excluding hydrogens is 188 g/mol. The molecule has 1 saturated carbocycles. The Hall–Kier alpha value is -0.120. The zero-order valence-electron chi connectivity index (χ0n) is 10.3. The average Bonchev–Trinajstić information content (AvgIpc) is 2.37. The summed E-state index contributed by atoms with van der Waals surface area (Å²) in [7, 11) is 0. The molecule has 0 amide bonds. The van der Waals surface area contributed by atoms with Crippen LogP contribution in [-0.2, 0) is 0 Å². The Morgan fingerprint density at radius 2 is 2.13 bits per heavy atom. The van der Waals surface area contributed by atoms with Gasteiger partial charge in [0.05, 0.1) is 0 Å². The molecule has 0 radical (unpaired) electrons. The number of nitrogens with two attached hydrogens (primary N) is 1. The summed E-state index contributed by atoms with van der Waals surface area (Å²) in [5, 5.41) is 12.4. The summed E-state index contributed by atoms with van der Waals surface area (Å²) >= 11 is 0. The van der Waals surface area contributed by atoms with E-state index in [1.54, 1.807) is 0 Å². The van der Waals surface area contributed by atoms with Crippen molar-refractivity contribution < 1.29 is 5.11 Å². The largest absolute Gasteiger partial charge is 0.396 e. The smallest absolute Gasteiger partial charge is 0.0443 e. The van der Waals surface area contributed by atoms with E-state index in [1.165, 1.54) is 6.42 Å². The fourth-order valence-corrected chi connectivity index (χ4v) is 3.12. The Kier molecular flexibility index (Phi) is 4.15. The third-order valence-electron chi connectivity index (χ3n) is 3.77. The van der Waals surface area contributed by atoms with Crippen LogP contribution in [-0.4, -0.2) is 30.3 Å². The number of hydrogen-bond acceptors (Lipinski definition) is 3. The van der Waals surface area contributed by atoms with Crippen molar-refractivity contribution in [3.05, 3.63) is 0 Å². The molecule has 0 bridgehead atoms. The molecule has 4 N–H and O–H groups in total. The van der Waals surface area contributed by atoms with Crippen molar-refractivity contribution in [1.29, 1.82) is 0 Å². The predicted octanol–water partition coefficient (Wildman–Crippen LogP) is 1.11. The van der Waals surface area contributed by atoms with Crippen LogP contribution in [0, 0.1) is 11.3 Å². The second-order valence-corrected chi connectivity index (χ2v) is 5.81. The first-order valence-corrected chi connectivity index (χ1v) is 6.02. The van der Waals surface area contributed by atoms with Crippen LogP contribution < -0.4 is 11.1 Å². The fraction of sp³-hybridized carbons (Fsp3) is 1.00. The van der Waals surface area contributed by atoms with Crippen LogP contribution in [0.3, 0.4) is 0 Å². The van der Waals surface area contributed by atoms with Crippen LogP contribution in [0.25, 0.3) is 0 Å². The first kappa shape index (κ1) is 12.9. The molecule has 0 spiro atoms. The molecule has 0 heterocycles. The van der Waals surface area contributed by atoms with Gasteiger partial charge in [-0.05, 0) is 37.1 Å². The lowest BCUT2D eigenvalue weighted by Crippen LogP contribution is -2.54. The van der Waals surface area contributed by atoms with Crippen molar-refractivity contribution in [1.82, 2.24) is 5.32 Å². The third-order valence-corrected chi connectivity index (χ3v) is 3.77. The number of hydrogen-bond donors (Lipinski definition) is 3. The van der Waals surface area contributed by atoms with Crippen LogP contribution in [0.4, 0.5) is 0 Å². The van der Waals surface area contributed by atoms with Gasteiger partial charge in [0.15, 0.2) is 0 Å². The standard InChI is InChI=1S/C12H26N2O/c1-10-7-11(2,3)8-12(10,9-13)14-5-4-6-15/h10,14-15H,4-9,13H2,1-3H3. The summed E-state index contributed by atoms with van der Waals surface area (Å²) in [5.41, 5.74) is 6.43. The van der Waals surface area contributed by atoms with Crippen LogP contribution in [0.5, 0.6) is 0 Å². The molecule has 1 aliphatic carbocycles. The van der Waals surface area contributed by atoms with E-state index in [2.05, 4.69) is 26.1 Å². The first-order valence-electron chi connectivity index (χ1n) is 6.02. The number of aliphatic hydroxyl groups is 1. The normalized spacial score (nSPS) is 34.6. The van der Waals surface area contributed by atoms with E-state index in [-0.39, 0.29) is 12.1 Å². The molecular formula is C12H26N2O. The van der Waals surface area contributed by atoms with E-state index >= 15 is 0 Å². The van der Waals surface area contributed by atoms with Crippen molar-refractivity contribution >= 4 is 0 Å². The molecule has 3 heteroatoms. The van der Waals surface area contributed by atoms with Gasteiger partial charge in [0.25, 0.3) is 0 Å². The quantitative estimate of drug-likeness (QED) is 0.601. The average molecular weight is 214 g/mol. The second kappa shape index (κ2) is 4.81. The lowest BCUT2D eigenvalue weighted by Gasteiger charge is -2.34. The third kappa shape index (κ3) is 2.92. The molecule has 1 aliphatic rings. The highest BCUT2D eigenvalue weighted by Crippen LogP contribution is 2.46. The Labute approximate surface area is 93.4 Å². The number of aliphatic hydroxyl groups excluding tert-OH is 1. The maximum absolute atomic E-state index is 8.79. The molecule has 0 aromatic carbocycles. The molecule has 1 fully saturated rings. The zero-order valence-corrected chi connectivity index (χ0v) is 10.3. The molecule has 1 rings (SSSR count). The monoisotopic (exact) mass is 214 g/mol. The van der Waals surface area contributed by atoms with E-state index in [0.717, 1.165) is 19.4 Å². The molecule has 2 atom stereocenters. The van der Waals surface area contributed by atoms with E-state index in [9.17, 15) is 0 Å². The summed E-state index contributed by atoms with van der Waals surface area (Å²) in [5.74, 6) is 0.621. The van der Waals surface area contributed by atoms with Crippen molar-refractivity contribution in [2.75, 3.05) is 19.7 Å². The van der Waals surface area contributed by atoms with Crippen LogP contribution in [0.1, 0.15) is 40.0 Å². The summed E-state index contributed by atoms with van der Waals surface area (Å²) in [4.78, 5) is 0. The van der Waals surface area contributed by atoms with Gasteiger partial charge < -0.3 is 16.2 Å².